The van der Waals surface area contributed by atoms with Gasteiger partial charge in [0.25, 0.3) is 5.91 Å². The van der Waals surface area contributed by atoms with Crippen LogP contribution in [0.3, 0.4) is 0 Å². The van der Waals surface area contributed by atoms with E-state index >= 15 is 0 Å². The fraction of sp³-hybridized carbons (Fsp3) is 0.167. The van der Waals surface area contributed by atoms with E-state index in [1.165, 1.54) is 23.5 Å². The number of nitrogens with zero attached hydrogens (tertiary/aromatic N) is 1. The monoisotopic (exact) mass is 311 g/mol. The number of rotatable bonds is 3. The van der Waals surface area contributed by atoms with E-state index in [1.54, 1.807) is 13.0 Å². The van der Waals surface area contributed by atoms with Crippen molar-refractivity contribution >= 4 is 32.4 Å². The van der Waals surface area contributed by atoms with Crippen LogP contribution < -0.4 is 10.5 Å². The van der Waals surface area contributed by atoms with Crippen LogP contribution in [-0.4, -0.2) is 19.3 Å². The van der Waals surface area contributed by atoms with Crippen LogP contribution in [0.4, 0.5) is 5.13 Å². The average Bonchev–Trinajstić information content (AvgIpc) is 2.72. The minimum Gasteiger partial charge on any atom is -0.298 e. The molecule has 0 aliphatic rings. The fourth-order valence-electron chi connectivity index (χ4n) is 1.62. The maximum Gasteiger partial charge on any atom is 0.257 e. The molecule has 1 heterocycles. The number of aromatic nitrogens is 1. The number of hydrogen-bond acceptors (Lipinski definition) is 5. The summed E-state index contributed by atoms with van der Waals surface area (Å²) in [4.78, 5) is 16.1. The molecule has 20 heavy (non-hydrogen) atoms. The molecule has 0 spiro atoms. The zero-order valence-corrected chi connectivity index (χ0v) is 12.5. The molecule has 0 aliphatic carbocycles. The molecule has 0 radical (unpaired) electrons. The van der Waals surface area contributed by atoms with Crippen LogP contribution in [0.2, 0.25) is 0 Å². The van der Waals surface area contributed by atoms with Crippen molar-refractivity contribution in [2.45, 2.75) is 18.7 Å². The van der Waals surface area contributed by atoms with Gasteiger partial charge < -0.3 is 0 Å². The maximum atomic E-state index is 12.1. The van der Waals surface area contributed by atoms with E-state index in [0.29, 0.717) is 10.7 Å². The van der Waals surface area contributed by atoms with Crippen molar-refractivity contribution in [3.63, 3.8) is 0 Å². The molecule has 0 saturated heterocycles. The summed E-state index contributed by atoms with van der Waals surface area (Å²) >= 11 is 1.30. The molecule has 3 N–H and O–H groups in total. The normalized spacial score (nSPS) is 11.3. The summed E-state index contributed by atoms with van der Waals surface area (Å²) in [5, 5.41) is 9.97. The van der Waals surface area contributed by atoms with Gasteiger partial charge in [0.2, 0.25) is 10.0 Å². The first-order valence-electron chi connectivity index (χ1n) is 5.64. The lowest BCUT2D eigenvalue weighted by Gasteiger charge is -2.06. The number of carbonyl (C=O) groups is 1. The first kappa shape index (κ1) is 14.6. The topological polar surface area (TPSA) is 102 Å². The van der Waals surface area contributed by atoms with Gasteiger partial charge in [0, 0.05) is 10.9 Å². The highest BCUT2D eigenvalue weighted by atomic mass is 32.2. The largest absolute Gasteiger partial charge is 0.298 e. The summed E-state index contributed by atoms with van der Waals surface area (Å²) < 4.78 is 22.7. The fourth-order valence-corrected chi connectivity index (χ4v) is 2.95. The molecule has 0 bridgehead atoms. The number of nitrogens with two attached hydrogens (primary N) is 1. The van der Waals surface area contributed by atoms with E-state index < -0.39 is 15.9 Å². The average molecular weight is 311 g/mol. The number of primary sulfonamides is 1. The van der Waals surface area contributed by atoms with Crippen LogP contribution in [-0.2, 0) is 10.0 Å². The number of thiazole rings is 1. The van der Waals surface area contributed by atoms with Gasteiger partial charge in [-0.15, -0.1) is 11.3 Å². The van der Waals surface area contributed by atoms with E-state index in [1.807, 2.05) is 12.3 Å². The molecule has 1 amide bonds. The van der Waals surface area contributed by atoms with E-state index in [0.717, 1.165) is 5.69 Å². The summed E-state index contributed by atoms with van der Waals surface area (Å²) in [6.07, 6.45) is 0. The molecule has 2 rings (SSSR count). The molecule has 2 aromatic rings. The Kier molecular flexibility index (Phi) is 3.89. The van der Waals surface area contributed by atoms with Crippen molar-refractivity contribution in [3.05, 3.63) is 40.4 Å². The molecule has 0 atom stereocenters. The molecule has 0 aliphatic heterocycles. The van der Waals surface area contributed by atoms with Crippen molar-refractivity contribution in [2.24, 2.45) is 5.14 Å². The first-order valence-corrected chi connectivity index (χ1v) is 8.06. The Morgan fingerprint density at radius 2 is 2.00 bits per heavy atom. The van der Waals surface area contributed by atoms with Crippen molar-refractivity contribution in [1.82, 2.24) is 4.98 Å². The lowest BCUT2D eigenvalue weighted by molar-refractivity contribution is 0.102. The Hall–Kier alpha value is -1.77. The van der Waals surface area contributed by atoms with Crippen LogP contribution in [0.25, 0.3) is 0 Å². The summed E-state index contributed by atoms with van der Waals surface area (Å²) in [6.45, 7) is 3.51. The Labute approximate surface area is 120 Å². The zero-order chi connectivity index (χ0) is 14.9. The van der Waals surface area contributed by atoms with Crippen molar-refractivity contribution < 1.29 is 13.2 Å². The number of aryl methyl sites for hydroxylation is 2. The second kappa shape index (κ2) is 5.31. The smallest absolute Gasteiger partial charge is 0.257 e. The van der Waals surface area contributed by atoms with Gasteiger partial charge in [-0.3, -0.25) is 10.1 Å². The zero-order valence-electron chi connectivity index (χ0n) is 10.9. The SMILES string of the molecule is Cc1cc(C(=O)Nc2nc(C)cs2)cc(S(N)(=O)=O)c1. The minimum absolute atomic E-state index is 0.0852. The number of hydrogen-bond donors (Lipinski definition) is 2. The summed E-state index contributed by atoms with van der Waals surface area (Å²) in [6, 6.07) is 4.25. The van der Waals surface area contributed by atoms with E-state index in [9.17, 15) is 13.2 Å². The molecule has 0 unspecified atom stereocenters. The van der Waals surface area contributed by atoms with Gasteiger partial charge in [-0.1, -0.05) is 0 Å². The molecule has 106 valence electrons. The lowest BCUT2D eigenvalue weighted by atomic mass is 10.1. The predicted molar refractivity (Wildman–Crippen MR) is 77.4 cm³/mol. The number of amides is 1. The molecule has 1 aromatic heterocycles. The van der Waals surface area contributed by atoms with Crippen LogP contribution in [0.15, 0.2) is 28.5 Å². The highest BCUT2D eigenvalue weighted by molar-refractivity contribution is 7.89. The number of anilines is 1. The summed E-state index contributed by atoms with van der Waals surface area (Å²) in [5.41, 5.74) is 1.67. The number of sulfonamides is 1. The third kappa shape index (κ3) is 3.41. The van der Waals surface area contributed by atoms with E-state index in [2.05, 4.69) is 10.3 Å². The Bertz CT molecular complexity index is 766. The quantitative estimate of drug-likeness (QED) is 0.899. The van der Waals surface area contributed by atoms with Gasteiger partial charge in [-0.25, -0.2) is 18.5 Å². The van der Waals surface area contributed by atoms with Crippen molar-refractivity contribution in [1.29, 1.82) is 0 Å². The van der Waals surface area contributed by atoms with Crippen LogP contribution in [0.1, 0.15) is 21.6 Å². The highest BCUT2D eigenvalue weighted by Gasteiger charge is 2.14. The van der Waals surface area contributed by atoms with Gasteiger partial charge in [-0.05, 0) is 37.6 Å². The van der Waals surface area contributed by atoms with Crippen LogP contribution >= 0.6 is 11.3 Å². The van der Waals surface area contributed by atoms with Gasteiger partial charge in [0.05, 0.1) is 10.6 Å². The standard InChI is InChI=1S/C12H13N3O3S2/c1-7-3-9(5-10(4-7)20(13,17)18)11(16)15-12-14-8(2)6-19-12/h3-6H,1-2H3,(H2,13,17,18)(H,14,15,16). The number of carbonyl (C=O) groups excluding carboxylic acids is 1. The number of nitrogens with one attached hydrogen (secondary N) is 1. The molecule has 8 heteroatoms. The second-order valence-corrected chi connectivity index (χ2v) is 6.75. The Balaban J connectivity index is 2.33. The molecule has 6 nitrogen and oxygen atoms in total. The molecular weight excluding hydrogens is 298 g/mol. The van der Waals surface area contributed by atoms with Crippen molar-refractivity contribution in [3.8, 4) is 0 Å². The first-order chi connectivity index (χ1) is 9.25. The third-order valence-electron chi connectivity index (χ3n) is 2.48. The summed E-state index contributed by atoms with van der Waals surface area (Å²) in [5.74, 6) is -0.423. The third-order valence-corrected chi connectivity index (χ3v) is 4.25. The van der Waals surface area contributed by atoms with Gasteiger partial charge in [-0.2, -0.15) is 0 Å². The van der Waals surface area contributed by atoms with Gasteiger partial charge in [0.15, 0.2) is 5.13 Å². The van der Waals surface area contributed by atoms with Gasteiger partial charge in [0.1, 0.15) is 0 Å². The molecule has 0 saturated carbocycles. The Morgan fingerprint density at radius 1 is 1.30 bits per heavy atom. The molecular formula is C12H13N3O3S2. The van der Waals surface area contributed by atoms with Crippen LogP contribution in [0, 0.1) is 13.8 Å². The predicted octanol–water partition coefficient (Wildman–Crippen LogP) is 1.66. The molecule has 0 fully saturated rings. The highest BCUT2D eigenvalue weighted by Crippen LogP contribution is 2.18. The molecule has 1 aromatic carbocycles. The minimum atomic E-state index is -3.84. The van der Waals surface area contributed by atoms with E-state index in [4.69, 9.17) is 5.14 Å². The lowest BCUT2D eigenvalue weighted by Crippen LogP contribution is -2.16. The van der Waals surface area contributed by atoms with Crippen LogP contribution in [0.5, 0.6) is 0 Å². The Morgan fingerprint density at radius 3 is 2.55 bits per heavy atom. The van der Waals surface area contributed by atoms with E-state index in [-0.39, 0.29) is 10.5 Å². The second-order valence-electron chi connectivity index (χ2n) is 4.33. The summed E-state index contributed by atoms with van der Waals surface area (Å²) in [7, 11) is -3.84. The maximum absolute atomic E-state index is 12.1. The van der Waals surface area contributed by atoms with Crippen molar-refractivity contribution in [2.75, 3.05) is 5.32 Å². The number of benzene rings is 1. The van der Waals surface area contributed by atoms with Gasteiger partial charge >= 0.3 is 0 Å².